The van der Waals surface area contributed by atoms with Gasteiger partial charge in [-0.05, 0) is 47.8 Å². The third kappa shape index (κ3) is 4.41. The number of thiophene rings is 1. The molecule has 1 amide bonds. The molecular weight excluding hydrogens is 448 g/mol. The van der Waals surface area contributed by atoms with Crippen LogP contribution in [0.15, 0.2) is 72.1 Å². The predicted molar refractivity (Wildman–Crippen MR) is 120 cm³/mol. The van der Waals surface area contributed by atoms with Gasteiger partial charge < -0.3 is 10.1 Å². The second kappa shape index (κ2) is 8.75. The van der Waals surface area contributed by atoms with Crippen molar-refractivity contribution in [3.05, 3.63) is 83.7 Å². The van der Waals surface area contributed by atoms with Crippen LogP contribution in [0.25, 0.3) is 27.6 Å². The van der Waals surface area contributed by atoms with Crippen molar-refractivity contribution < 1.29 is 18.3 Å². The van der Waals surface area contributed by atoms with Crippen LogP contribution in [0.1, 0.15) is 0 Å². The number of ether oxygens (including phenoxy) is 1. The monoisotopic (exact) mass is 463 g/mol. The number of nitrogens with one attached hydrogen (secondary N) is 1. The molecule has 10 heteroatoms. The second-order valence-corrected chi connectivity index (χ2v) is 7.93. The molecule has 0 spiro atoms. The third-order valence-corrected chi connectivity index (χ3v) is 5.56. The first-order chi connectivity index (χ1) is 16.1. The molecule has 0 unspecified atom stereocenters. The SMILES string of the molecule is O=C(COc1ccc(F)cc1F)Nc1cccc(-c2ccc3nnc(-c4cccs4)n3n2)c1. The number of anilines is 1. The van der Waals surface area contributed by atoms with E-state index in [-0.39, 0.29) is 5.75 Å². The van der Waals surface area contributed by atoms with Gasteiger partial charge in [0, 0.05) is 17.3 Å². The highest BCUT2D eigenvalue weighted by Crippen LogP contribution is 2.25. The zero-order valence-corrected chi connectivity index (χ0v) is 17.7. The zero-order chi connectivity index (χ0) is 22.8. The maximum Gasteiger partial charge on any atom is 0.262 e. The highest BCUT2D eigenvalue weighted by atomic mass is 32.1. The third-order valence-electron chi connectivity index (χ3n) is 4.70. The lowest BCUT2D eigenvalue weighted by molar-refractivity contribution is -0.118. The molecule has 33 heavy (non-hydrogen) atoms. The van der Waals surface area contributed by atoms with E-state index >= 15 is 0 Å². The van der Waals surface area contributed by atoms with E-state index in [1.54, 1.807) is 34.1 Å². The maximum absolute atomic E-state index is 13.7. The number of hydrogen-bond acceptors (Lipinski definition) is 6. The summed E-state index contributed by atoms with van der Waals surface area (Å²) < 4.78 is 33.5. The van der Waals surface area contributed by atoms with Crippen molar-refractivity contribution in [2.75, 3.05) is 11.9 Å². The van der Waals surface area contributed by atoms with Gasteiger partial charge in [-0.15, -0.1) is 21.5 Å². The summed E-state index contributed by atoms with van der Waals surface area (Å²) in [5.74, 6) is -1.63. The molecule has 0 saturated carbocycles. The Kier molecular flexibility index (Phi) is 5.49. The summed E-state index contributed by atoms with van der Waals surface area (Å²) in [6.07, 6.45) is 0. The molecule has 0 radical (unpaired) electrons. The zero-order valence-electron chi connectivity index (χ0n) is 16.9. The van der Waals surface area contributed by atoms with Crippen LogP contribution in [0.2, 0.25) is 0 Å². The molecule has 0 saturated heterocycles. The number of hydrogen-bond donors (Lipinski definition) is 1. The van der Waals surface area contributed by atoms with E-state index in [2.05, 4.69) is 20.6 Å². The molecule has 0 aliphatic carbocycles. The van der Waals surface area contributed by atoms with Crippen LogP contribution >= 0.6 is 11.3 Å². The Balaban J connectivity index is 1.33. The number of nitrogens with zero attached hydrogens (tertiary/aromatic N) is 4. The van der Waals surface area contributed by atoms with Gasteiger partial charge in [0.25, 0.3) is 5.91 Å². The smallest absolute Gasteiger partial charge is 0.262 e. The average molecular weight is 463 g/mol. The number of carbonyl (C=O) groups excluding carboxylic acids is 1. The summed E-state index contributed by atoms with van der Waals surface area (Å²) in [7, 11) is 0. The first-order valence-corrected chi connectivity index (χ1v) is 10.7. The van der Waals surface area contributed by atoms with Crippen LogP contribution in [0, 0.1) is 11.6 Å². The van der Waals surface area contributed by atoms with E-state index in [0.29, 0.717) is 28.9 Å². The van der Waals surface area contributed by atoms with Gasteiger partial charge in [0.15, 0.2) is 29.6 Å². The van der Waals surface area contributed by atoms with Gasteiger partial charge in [0.2, 0.25) is 0 Å². The fourth-order valence-electron chi connectivity index (χ4n) is 3.19. The van der Waals surface area contributed by atoms with Crippen molar-refractivity contribution in [2.45, 2.75) is 0 Å². The molecule has 0 fully saturated rings. The Morgan fingerprint density at radius 2 is 1.94 bits per heavy atom. The number of carbonyl (C=O) groups is 1. The standard InChI is InChI=1S/C23H15F2N5O2S/c24-15-6-8-19(17(25)12-15)32-13-22(31)26-16-4-1-3-14(11-16)18-7-9-21-27-28-23(30(21)29-18)20-5-2-10-33-20/h1-12H,13H2,(H,26,31). The van der Waals surface area contributed by atoms with E-state index in [9.17, 15) is 13.6 Å². The first kappa shape index (κ1) is 20.7. The molecule has 164 valence electrons. The summed E-state index contributed by atoms with van der Waals surface area (Å²) in [5, 5.41) is 17.7. The number of aromatic nitrogens is 4. The van der Waals surface area contributed by atoms with E-state index in [1.165, 1.54) is 0 Å². The van der Waals surface area contributed by atoms with Gasteiger partial charge in [-0.3, -0.25) is 4.79 Å². The predicted octanol–water partition coefficient (Wildman–Crippen LogP) is 4.82. The number of amides is 1. The van der Waals surface area contributed by atoms with E-state index in [1.807, 2.05) is 35.7 Å². The van der Waals surface area contributed by atoms with Crippen LogP contribution < -0.4 is 10.1 Å². The van der Waals surface area contributed by atoms with E-state index in [0.717, 1.165) is 22.6 Å². The van der Waals surface area contributed by atoms with Gasteiger partial charge in [0.1, 0.15) is 5.82 Å². The number of rotatable bonds is 6. The summed E-state index contributed by atoms with van der Waals surface area (Å²) >= 11 is 1.55. The minimum absolute atomic E-state index is 0.201. The van der Waals surface area contributed by atoms with Crippen molar-refractivity contribution in [3.63, 3.8) is 0 Å². The summed E-state index contributed by atoms with van der Waals surface area (Å²) in [4.78, 5) is 13.2. The van der Waals surface area contributed by atoms with Gasteiger partial charge in [-0.1, -0.05) is 18.2 Å². The van der Waals surface area contributed by atoms with Gasteiger partial charge >= 0.3 is 0 Å². The fraction of sp³-hybridized carbons (Fsp3) is 0.0435. The van der Waals surface area contributed by atoms with Crippen molar-refractivity contribution in [1.82, 2.24) is 19.8 Å². The van der Waals surface area contributed by atoms with Crippen LogP contribution in [-0.4, -0.2) is 32.3 Å². The Morgan fingerprint density at radius 3 is 2.76 bits per heavy atom. The van der Waals surface area contributed by atoms with Crippen molar-refractivity contribution in [2.24, 2.45) is 0 Å². The molecule has 3 aromatic heterocycles. The van der Waals surface area contributed by atoms with Gasteiger partial charge in [-0.2, -0.15) is 9.61 Å². The molecule has 0 aliphatic rings. The largest absolute Gasteiger partial charge is 0.481 e. The highest BCUT2D eigenvalue weighted by Gasteiger charge is 2.13. The first-order valence-electron chi connectivity index (χ1n) is 9.81. The Labute approximate surface area is 190 Å². The molecule has 5 rings (SSSR count). The quantitative estimate of drug-likeness (QED) is 0.391. The number of fused-ring (bicyclic) bond motifs is 1. The topological polar surface area (TPSA) is 81.4 Å². The summed E-state index contributed by atoms with van der Waals surface area (Å²) in [6, 6.07) is 17.5. The lowest BCUT2D eigenvalue weighted by Crippen LogP contribution is -2.20. The maximum atomic E-state index is 13.7. The normalized spacial score (nSPS) is 11.0. The highest BCUT2D eigenvalue weighted by molar-refractivity contribution is 7.13. The Hall–Kier alpha value is -4.18. The van der Waals surface area contributed by atoms with Crippen molar-refractivity contribution in [1.29, 1.82) is 0 Å². The minimum atomic E-state index is -0.873. The number of halogens is 2. The molecule has 0 aliphatic heterocycles. The minimum Gasteiger partial charge on any atom is -0.481 e. The van der Waals surface area contributed by atoms with E-state index in [4.69, 9.17) is 4.74 Å². The molecule has 2 aromatic carbocycles. The average Bonchev–Trinajstić information content (AvgIpc) is 3.48. The molecule has 1 N–H and O–H groups in total. The van der Waals surface area contributed by atoms with Crippen LogP contribution in [-0.2, 0) is 4.79 Å². The second-order valence-electron chi connectivity index (χ2n) is 6.98. The molecule has 7 nitrogen and oxygen atoms in total. The van der Waals surface area contributed by atoms with Crippen LogP contribution in [0.3, 0.4) is 0 Å². The lowest BCUT2D eigenvalue weighted by atomic mass is 10.1. The van der Waals surface area contributed by atoms with Gasteiger partial charge in [0.05, 0.1) is 10.6 Å². The molecule has 0 bridgehead atoms. The summed E-state index contributed by atoms with van der Waals surface area (Å²) in [5.41, 5.74) is 2.58. The molecule has 3 heterocycles. The molecular formula is C23H15F2N5O2S. The van der Waals surface area contributed by atoms with Gasteiger partial charge in [-0.25, -0.2) is 8.78 Å². The Morgan fingerprint density at radius 1 is 1.03 bits per heavy atom. The molecule has 5 aromatic rings. The summed E-state index contributed by atoms with van der Waals surface area (Å²) in [6.45, 7) is -0.429. The van der Waals surface area contributed by atoms with Crippen molar-refractivity contribution >= 4 is 28.6 Å². The fourth-order valence-corrected chi connectivity index (χ4v) is 3.88. The van der Waals surface area contributed by atoms with Crippen LogP contribution in [0.4, 0.5) is 14.5 Å². The van der Waals surface area contributed by atoms with E-state index < -0.39 is 24.1 Å². The lowest BCUT2D eigenvalue weighted by Gasteiger charge is -2.09. The van der Waals surface area contributed by atoms with Crippen LogP contribution in [0.5, 0.6) is 5.75 Å². The Bertz CT molecular complexity index is 1450. The number of benzene rings is 2. The van der Waals surface area contributed by atoms with Crippen molar-refractivity contribution in [3.8, 4) is 27.7 Å². The molecule has 0 atom stereocenters.